The third-order valence-electron chi connectivity index (χ3n) is 5.06. The normalized spacial score (nSPS) is 21.7. The van der Waals surface area contributed by atoms with E-state index < -0.39 is 0 Å². The van der Waals surface area contributed by atoms with Gasteiger partial charge in [0.1, 0.15) is 11.8 Å². The Kier molecular flexibility index (Phi) is 5.38. The van der Waals surface area contributed by atoms with E-state index in [9.17, 15) is 9.59 Å². The van der Waals surface area contributed by atoms with Crippen molar-refractivity contribution in [1.82, 2.24) is 9.80 Å². The van der Waals surface area contributed by atoms with E-state index in [1.807, 2.05) is 29.2 Å². The van der Waals surface area contributed by atoms with Crippen LogP contribution in [0.5, 0.6) is 5.75 Å². The van der Waals surface area contributed by atoms with Crippen molar-refractivity contribution in [2.24, 2.45) is 0 Å². The molecular weight excluding hydrogens is 304 g/mol. The minimum absolute atomic E-state index is 0.0640. The van der Waals surface area contributed by atoms with Crippen molar-refractivity contribution in [2.45, 2.75) is 51.1 Å². The quantitative estimate of drug-likeness (QED) is 0.852. The van der Waals surface area contributed by atoms with E-state index in [1.54, 1.807) is 12.0 Å². The Morgan fingerprint density at radius 1 is 1.17 bits per heavy atom. The van der Waals surface area contributed by atoms with Gasteiger partial charge in [0.05, 0.1) is 13.7 Å². The molecule has 5 heteroatoms. The van der Waals surface area contributed by atoms with Crippen LogP contribution in [0.4, 0.5) is 0 Å². The maximum Gasteiger partial charge on any atom is 0.245 e. The zero-order valence-corrected chi connectivity index (χ0v) is 14.4. The van der Waals surface area contributed by atoms with Gasteiger partial charge in [-0.05, 0) is 25.3 Å². The van der Waals surface area contributed by atoms with Gasteiger partial charge < -0.3 is 14.5 Å². The molecule has 0 unspecified atom stereocenters. The van der Waals surface area contributed by atoms with Crippen LogP contribution in [0.3, 0.4) is 0 Å². The molecule has 1 atom stereocenters. The molecule has 2 aliphatic rings. The lowest BCUT2D eigenvalue weighted by atomic mass is 10.1. The lowest BCUT2D eigenvalue weighted by molar-refractivity contribution is -0.141. The number of carbonyl (C=O) groups excluding carboxylic acids is 2. The monoisotopic (exact) mass is 330 g/mol. The summed E-state index contributed by atoms with van der Waals surface area (Å²) in [6.07, 6.45) is 5.61. The van der Waals surface area contributed by atoms with Crippen LogP contribution in [0.15, 0.2) is 24.3 Å². The summed E-state index contributed by atoms with van der Waals surface area (Å²) in [6.45, 7) is 2.09. The molecule has 0 aromatic heterocycles. The summed E-state index contributed by atoms with van der Waals surface area (Å²) in [7, 11) is 1.63. The van der Waals surface area contributed by atoms with Gasteiger partial charge in [-0.2, -0.15) is 0 Å². The van der Waals surface area contributed by atoms with Crippen LogP contribution in [0.1, 0.15) is 44.1 Å². The maximum atomic E-state index is 13.0. The molecule has 2 aliphatic heterocycles. The second-order valence-electron chi connectivity index (χ2n) is 6.63. The highest BCUT2D eigenvalue weighted by molar-refractivity contribution is 5.91. The number of hydrogen-bond acceptors (Lipinski definition) is 3. The summed E-state index contributed by atoms with van der Waals surface area (Å²) in [5.74, 6) is 0.949. The van der Waals surface area contributed by atoms with Crippen LogP contribution >= 0.6 is 0 Å². The van der Waals surface area contributed by atoms with E-state index in [2.05, 4.69) is 0 Å². The molecule has 0 aliphatic carbocycles. The van der Waals surface area contributed by atoms with E-state index in [-0.39, 0.29) is 17.9 Å². The highest BCUT2D eigenvalue weighted by Gasteiger charge is 2.38. The highest BCUT2D eigenvalue weighted by atomic mass is 16.5. The minimum atomic E-state index is -0.319. The molecule has 2 amide bonds. The molecule has 0 radical (unpaired) electrons. The topological polar surface area (TPSA) is 49.9 Å². The number of para-hydroxylation sites is 1. The zero-order valence-electron chi connectivity index (χ0n) is 14.4. The third kappa shape index (κ3) is 3.55. The fraction of sp³-hybridized carbons (Fsp3) is 0.579. The SMILES string of the molecule is COc1ccccc1CN1C(=O)CC[C@H]1C(=O)N1CCCCCC1. The van der Waals surface area contributed by atoms with Gasteiger partial charge in [-0.1, -0.05) is 31.0 Å². The van der Waals surface area contributed by atoms with Gasteiger partial charge in [0, 0.05) is 25.1 Å². The first-order chi connectivity index (χ1) is 11.7. The van der Waals surface area contributed by atoms with Crippen molar-refractivity contribution in [1.29, 1.82) is 0 Å². The minimum Gasteiger partial charge on any atom is -0.496 e. The number of nitrogens with zero attached hydrogens (tertiary/aromatic N) is 2. The predicted octanol–water partition coefficient (Wildman–Crippen LogP) is 2.59. The zero-order chi connectivity index (χ0) is 16.9. The third-order valence-corrected chi connectivity index (χ3v) is 5.06. The van der Waals surface area contributed by atoms with Crippen LogP contribution in [0.2, 0.25) is 0 Å². The van der Waals surface area contributed by atoms with Gasteiger partial charge in [0.25, 0.3) is 0 Å². The Morgan fingerprint density at radius 3 is 2.58 bits per heavy atom. The number of methoxy groups -OCH3 is 1. The molecule has 2 fully saturated rings. The molecule has 0 saturated carbocycles. The Balaban J connectivity index is 1.75. The molecule has 1 aromatic carbocycles. The largest absolute Gasteiger partial charge is 0.496 e. The first-order valence-corrected chi connectivity index (χ1v) is 8.91. The summed E-state index contributed by atoms with van der Waals surface area (Å²) in [5.41, 5.74) is 0.948. The molecule has 3 rings (SSSR count). The number of ether oxygens (including phenoxy) is 1. The van der Waals surface area contributed by atoms with E-state index >= 15 is 0 Å². The molecule has 24 heavy (non-hydrogen) atoms. The molecule has 0 spiro atoms. The van der Waals surface area contributed by atoms with Gasteiger partial charge in [-0.25, -0.2) is 0 Å². The van der Waals surface area contributed by atoms with Gasteiger partial charge in [0.2, 0.25) is 11.8 Å². The molecule has 130 valence electrons. The van der Waals surface area contributed by atoms with Gasteiger partial charge in [-0.3, -0.25) is 9.59 Å². The fourth-order valence-electron chi connectivity index (χ4n) is 3.71. The van der Waals surface area contributed by atoms with Crippen molar-refractivity contribution < 1.29 is 14.3 Å². The van der Waals surface area contributed by atoms with Crippen LogP contribution in [0.25, 0.3) is 0 Å². The summed E-state index contributed by atoms with van der Waals surface area (Å²) in [5, 5.41) is 0. The second-order valence-corrected chi connectivity index (χ2v) is 6.63. The van der Waals surface area contributed by atoms with Gasteiger partial charge >= 0.3 is 0 Å². The van der Waals surface area contributed by atoms with Gasteiger partial charge in [0.15, 0.2) is 0 Å². The van der Waals surface area contributed by atoms with Crippen LogP contribution in [-0.4, -0.2) is 47.9 Å². The number of rotatable bonds is 4. The van der Waals surface area contributed by atoms with E-state index in [0.717, 1.165) is 37.2 Å². The Labute approximate surface area is 143 Å². The summed E-state index contributed by atoms with van der Waals surface area (Å²) in [6, 6.07) is 7.37. The number of likely N-dealkylation sites (tertiary alicyclic amines) is 2. The lowest BCUT2D eigenvalue weighted by Gasteiger charge is -2.30. The first kappa shape index (κ1) is 16.8. The van der Waals surface area contributed by atoms with E-state index in [1.165, 1.54) is 12.8 Å². The van der Waals surface area contributed by atoms with Crippen LogP contribution in [0, 0.1) is 0 Å². The fourth-order valence-corrected chi connectivity index (χ4v) is 3.71. The Bertz CT molecular complexity index is 594. The van der Waals surface area contributed by atoms with Crippen LogP contribution in [-0.2, 0) is 16.1 Å². The van der Waals surface area contributed by atoms with Crippen LogP contribution < -0.4 is 4.74 Å². The van der Waals surface area contributed by atoms with Crippen molar-refractivity contribution >= 4 is 11.8 Å². The Hall–Kier alpha value is -2.04. The second kappa shape index (κ2) is 7.69. The molecule has 0 N–H and O–H groups in total. The van der Waals surface area contributed by atoms with Crippen molar-refractivity contribution in [3.8, 4) is 5.75 Å². The average molecular weight is 330 g/mol. The van der Waals surface area contributed by atoms with Crippen molar-refractivity contribution in [2.75, 3.05) is 20.2 Å². The standard InChI is InChI=1S/C19H26N2O3/c1-24-17-9-5-4-8-15(17)14-21-16(10-11-18(21)22)19(23)20-12-6-2-3-7-13-20/h4-5,8-9,16H,2-3,6-7,10-14H2,1H3/t16-/m0/s1. The summed E-state index contributed by atoms with van der Waals surface area (Å²) < 4.78 is 5.39. The van der Waals surface area contributed by atoms with Crippen molar-refractivity contribution in [3.63, 3.8) is 0 Å². The molecular formula is C19H26N2O3. The number of carbonyl (C=O) groups is 2. The molecule has 2 saturated heterocycles. The van der Waals surface area contributed by atoms with Gasteiger partial charge in [-0.15, -0.1) is 0 Å². The molecule has 5 nitrogen and oxygen atoms in total. The molecule has 1 aromatic rings. The van der Waals surface area contributed by atoms with E-state index in [4.69, 9.17) is 4.74 Å². The Morgan fingerprint density at radius 2 is 1.88 bits per heavy atom. The first-order valence-electron chi connectivity index (χ1n) is 8.91. The predicted molar refractivity (Wildman–Crippen MR) is 91.6 cm³/mol. The number of amides is 2. The molecule has 0 bridgehead atoms. The number of benzene rings is 1. The molecule has 2 heterocycles. The maximum absolute atomic E-state index is 13.0. The lowest BCUT2D eigenvalue weighted by Crippen LogP contribution is -2.46. The average Bonchev–Trinajstić information content (AvgIpc) is 2.81. The van der Waals surface area contributed by atoms with Crippen molar-refractivity contribution in [3.05, 3.63) is 29.8 Å². The smallest absolute Gasteiger partial charge is 0.245 e. The highest BCUT2D eigenvalue weighted by Crippen LogP contribution is 2.27. The number of hydrogen-bond donors (Lipinski definition) is 0. The summed E-state index contributed by atoms with van der Waals surface area (Å²) >= 11 is 0. The summed E-state index contributed by atoms with van der Waals surface area (Å²) in [4.78, 5) is 29.0. The van der Waals surface area contributed by atoms with E-state index in [0.29, 0.717) is 19.4 Å².